The van der Waals surface area contributed by atoms with Crippen LogP contribution < -0.4 is 4.57 Å². The summed E-state index contributed by atoms with van der Waals surface area (Å²) in [6.45, 7) is 0.571. The van der Waals surface area contributed by atoms with Crippen LogP contribution in [0.3, 0.4) is 0 Å². The topological polar surface area (TPSA) is 78.5 Å². The molecule has 0 aliphatic rings. The minimum Gasteiger partial charge on any atom is -0.478 e. The van der Waals surface area contributed by atoms with Gasteiger partial charge in [-0.1, -0.05) is 60.7 Å². The number of hydrogen-bond donors (Lipinski definition) is 2. The van der Waals surface area contributed by atoms with Crippen LogP contribution in [0.4, 0.5) is 0 Å². The van der Waals surface area contributed by atoms with Gasteiger partial charge in [-0.15, -0.1) is 0 Å². The molecule has 5 nitrogen and oxygen atoms in total. The highest BCUT2D eigenvalue weighted by atomic mass is 16.4. The molecule has 0 saturated heterocycles. The van der Waals surface area contributed by atoms with Gasteiger partial charge in [-0.2, -0.15) is 4.57 Å². The van der Waals surface area contributed by atoms with E-state index in [1.807, 2.05) is 72.8 Å². The van der Waals surface area contributed by atoms with Crippen molar-refractivity contribution in [2.24, 2.45) is 0 Å². The monoisotopic (exact) mass is 486 g/mol. The van der Waals surface area contributed by atoms with Crippen molar-refractivity contribution in [3.63, 3.8) is 0 Å². The zero-order valence-corrected chi connectivity index (χ0v) is 19.9. The maximum atomic E-state index is 11.5. The third-order valence-corrected chi connectivity index (χ3v) is 6.31. The quantitative estimate of drug-likeness (QED) is 0.260. The molecule has 0 bridgehead atoms. The fourth-order valence-electron chi connectivity index (χ4n) is 4.40. The molecule has 4 aromatic carbocycles. The lowest BCUT2D eigenvalue weighted by molar-refractivity contribution is -0.666. The highest BCUT2D eigenvalue weighted by molar-refractivity contribution is 5.89. The van der Waals surface area contributed by atoms with Gasteiger partial charge in [0.1, 0.15) is 0 Å². The standard InChI is InChI=1S/C32H23NO4/c34-31(35)26-15-11-24(12-16-26)29-19-28(23-9-5-2-6-10-23)20-30(25-13-17-27(18-14-25)32(36)37)33(29)21-22-7-3-1-4-8-22/h1-20H,21H2,(H-,34,35,36,37)/p+1. The molecule has 2 N–H and O–H groups in total. The first-order valence-electron chi connectivity index (χ1n) is 11.8. The second-order valence-electron chi connectivity index (χ2n) is 8.72. The summed E-state index contributed by atoms with van der Waals surface area (Å²) in [7, 11) is 0. The van der Waals surface area contributed by atoms with Crippen molar-refractivity contribution in [1.82, 2.24) is 0 Å². The molecule has 0 radical (unpaired) electrons. The summed E-state index contributed by atoms with van der Waals surface area (Å²) in [5.74, 6) is -1.94. The minimum atomic E-state index is -0.971. The van der Waals surface area contributed by atoms with E-state index in [-0.39, 0.29) is 11.1 Å². The van der Waals surface area contributed by atoms with Crippen LogP contribution in [-0.2, 0) is 6.54 Å². The Kier molecular flexibility index (Phi) is 6.60. The predicted molar refractivity (Wildman–Crippen MR) is 142 cm³/mol. The van der Waals surface area contributed by atoms with Crippen molar-refractivity contribution in [1.29, 1.82) is 0 Å². The van der Waals surface area contributed by atoms with Crippen molar-refractivity contribution >= 4 is 11.9 Å². The third-order valence-electron chi connectivity index (χ3n) is 6.31. The fraction of sp³-hybridized carbons (Fsp3) is 0.0312. The molecule has 180 valence electrons. The van der Waals surface area contributed by atoms with E-state index in [0.717, 1.165) is 39.2 Å². The largest absolute Gasteiger partial charge is 0.478 e. The van der Waals surface area contributed by atoms with Gasteiger partial charge in [-0.3, -0.25) is 0 Å². The van der Waals surface area contributed by atoms with Crippen molar-refractivity contribution < 1.29 is 24.4 Å². The number of hydrogen-bond acceptors (Lipinski definition) is 2. The van der Waals surface area contributed by atoms with Gasteiger partial charge in [-0.05, 0) is 59.7 Å². The normalized spacial score (nSPS) is 10.7. The van der Waals surface area contributed by atoms with E-state index in [9.17, 15) is 19.8 Å². The van der Waals surface area contributed by atoms with E-state index >= 15 is 0 Å². The van der Waals surface area contributed by atoms with Crippen molar-refractivity contribution in [3.05, 3.63) is 138 Å². The summed E-state index contributed by atoms with van der Waals surface area (Å²) >= 11 is 0. The Morgan fingerprint density at radius 2 is 0.946 bits per heavy atom. The van der Waals surface area contributed by atoms with Crippen LogP contribution >= 0.6 is 0 Å². The van der Waals surface area contributed by atoms with Crippen LogP contribution in [0.2, 0.25) is 0 Å². The third kappa shape index (κ3) is 5.16. The molecule has 5 aromatic rings. The number of nitrogens with zero attached hydrogens (tertiary/aromatic N) is 1. The number of carboxylic acid groups (broad SMARTS) is 2. The Balaban J connectivity index is 1.77. The number of carbonyl (C=O) groups is 2. The van der Waals surface area contributed by atoms with Gasteiger partial charge in [-0.25, -0.2) is 9.59 Å². The molecule has 5 rings (SSSR count). The van der Waals surface area contributed by atoms with Crippen LogP contribution in [0.15, 0.2) is 121 Å². The number of carboxylic acids is 2. The molecule has 1 heterocycles. The molecular formula is C32H24NO4+. The zero-order valence-electron chi connectivity index (χ0n) is 19.9. The second-order valence-corrected chi connectivity index (χ2v) is 8.72. The van der Waals surface area contributed by atoms with E-state index in [4.69, 9.17) is 0 Å². The average Bonchev–Trinajstić information content (AvgIpc) is 2.94. The van der Waals surface area contributed by atoms with Gasteiger partial charge in [0.25, 0.3) is 0 Å². The summed E-state index contributed by atoms with van der Waals surface area (Å²) in [5.41, 5.74) is 7.18. The average molecular weight is 487 g/mol. The first kappa shape index (κ1) is 23.7. The van der Waals surface area contributed by atoms with Crippen LogP contribution in [0.1, 0.15) is 26.3 Å². The molecule has 0 spiro atoms. The van der Waals surface area contributed by atoms with Crippen molar-refractivity contribution in [3.8, 4) is 33.6 Å². The summed E-state index contributed by atoms with van der Waals surface area (Å²) in [6, 6.07) is 38.1. The molecule has 0 aliphatic heterocycles. The predicted octanol–water partition coefficient (Wildman–Crippen LogP) is 6.42. The second kappa shape index (κ2) is 10.3. The summed E-state index contributed by atoms with van der Waals surface area (Å²) in [5, 5.41) is 18.8. The Morgan fingerprint density at radius 3 is 1.38 bits per heavy atom. The van der Waals surface area contributed by atoms with Crippen LogP contribution in [0.25, 0.3) is 33.6 Å². The Bertz CT molecular complexity index is 1480. The zero-order chi connectivity index (χ0) is 25.8. The molecule has 0 unspecified atom stereocenters. The summed E-state index contributed by atoms with van der Waals surface area (Å²) in [4.78, 5) is 22.9. The minimum absolute atomic E-state index is 0.224. The van der Waals surface area contributed by atoms with E-state index < -0.39 is 11.9 Å². The van der Waals surface area contributed by atoms with Gasteiger partial charge < -0.3 is 10.2 Å². The highest BCUT2D eigenvalue weighted by Crippen LogP contribution is 2.30. The van der Waals surface area contributed by atoms with Gasteiger partial charge in [0.15, 0.2) is 6.54 Å². The van der Waals surface area contributed by atoms with E-state index in [1.54, 1.807) is 24.3 Å². The van der Waals surface area contributed by atoms with E-state index in [0.29, 0.717) is 6.54 Å². The van der Waals surface area contributed by atoms with Gasteiger partial charge >= 0.3 is 11.9 Å². The first-order chi connectivity index (χ1) is 18.0. The lowest BCUT2D eigenvalue weighted by atomic mass is 9.97. The molecule has 5 heteroatoms. The maximum Gasteiger partial charge on any atom is 0.335 e. The van der Waals surface area contributed by atoms with Gasteiger partial charge in [0.2, 0.25) is 11.4 Å². The van der Waals surface area contributed by atoms with Crippen LogP contribution in [0, 0.1) is 0 Å². The first-order valence-corrected chi connectivity index (χ1v) is 11.8. The Labute approximate surface area is 214 Å². The van der Waals surface area contributed by atoms with Crippen LogP contribution in [-0.4, -0.2) is 22.2 Å². The summed E-state index contributed by atoms with van der Waals surface area (Å²) < 4.78 is 2.19. The molecule has 1 aromatic heterocycles. The summed E-state index contributed by atoms with van der Waals surface area (Å²) in [6.07, 6.45) is 0. The number of benzene rings is 4. The van der Waals surface area contributed by atoms with Crippen molar-refractivity contribution in [2.45, 2.75) is 6.54 Å². The van der Waals surface area contributed by atoms with Crippen LogP contribution in [0.5, 0.6) is 0 Å². The lowest BCUT2D eigenvalue weighted by Crippen LogP contribution is -2.39. The SMILES string of the molecule is O=C(O)c1ccc(-c2cc(-c3ccccc3)cc(-c3ccc(C(=O)O)cc3)[n+]2Cc2ccccc2)cc1. The molecule has 0 amide bonds. The lowest BCUT2D eigenvalue weighted by Gasteiger charge is -2.13. The molecule has 0 atom stereocenters. The molecule has 0 aliphatic carbocycles. The molecule has 37 heavy (non-hydrogen) atoms. The number of aromatic nitrogens is 1. The Morgan fingerprint density at radius 1 is 0.514 bits per heavy atom. The molecule has 0 saturated carbocycles. The maximum absolute atomic E-state index is 11.5. The number of pyridine rings is 1. The number of rotatable bonds is 7. The smallest absolute Gasteiger partial charge is 0.335 e. The molecular weight excluding hydrogens is 462 g/mol. The Hall–Kier alpha value is -5.03. The fourth-order valence-corrected chi connectivity index (χ4v) is 4.40. The molecule has 0 fully saturated rings. The van der Waals surface area contributed by atoms with Crippen molar-refractivity contribution in [2.75, 3.05) is 0 Å². The van der Waals surface area contributed by atoms with Gasteiger partial charge in [0.05, 0.1) is 11.1 Å². The van der Waals surface area contributed by atoms with E-state index in [2.05, 4.69) is 28.8 Å². The van der Waals surface area contributed by atoms with E-state index in [1.165, 1.54) is 0 Å². The highest BCUT2D eigenvalue weighted by Gasteiger charge is 2.24. The number of aromatic carboxylic acids is 2. The van der Waals surface area contributed by atoms with Gasteiger partial charge in [0, 0.05) is 28.8 Å².